The molecule has 0 unspecified atom stereocenters. The molecule has 5 rings (SSSR count). The van der Waals surface area contributed by atoms with Gasteiger partial charge in [-0.2, -0.15) is 5.10 Å². The number of nitrogens with one attached hydrogen (secondary N) is 2. The van der Waals surface area contributed by atoms with E-state index in [9.17, 15) is 4.79 Å². The minimum atomic E-state index is -0.255. The van der Waals surface area contributed by atoms with E-state index in [0.29, 0.717) is 5.65 Å². The topological polar surface area (TPSA) is 75.2 Å². The second-order valence-electron chi connectivity index (χ2n) is 5.49. The number of hydrogen-bond donors (Lipinski definition) is 2. The Balaban J connectivity index is 2.19. The number of H-pyrrole nitrogens is 2. The van der Waals surface area contributed by atoms with E-state index in [1.807, 2.05) is 42.5 Å². The van der Waals surface area contributed by atoms with E-state index in [0.717, 1.165) is 38.5 Å². The number of rotatable bonds is 1. The van der Waals surface area contributed by atoms with Crippen molar-refractivity contribution in [3.8, 4) is 5.75 Å². The monoisotopic (exact) mass is 304 g/mol. The summed E-state index contributed by atoms with van der Waals surface area (Å²) >= 11 is 0. The third-order valence-corrected chi connectivity index (χ3v) is 4.32. The predicted molar refractivity (Wildman–Crippen MR) is 89.2 cm³/mol. The quantitative estimate of drug-likeness (QED) is 0.500. The Hall–Kier alpha value is -3.28. The molecule has 0 aliphatic carbocycles. The Bertz CT molecular complexity index is 1280. The smallest absolute Gasteiger partial charge is 0.349 e. The zero-order chi connectivity index (χ0) is 15.6. The number of aromatic amines is 2. The molecule has 3 heterocycles. The van der Waals surface area contributed by atoms with Crippen molar-refractivity contribution in [1.29, 1.82) is 0 Å². The summed E-state index contributed by atoms with van der Waals surface area (Å²) < 4.78 is 6.94. The van der Waals surface area contributed by atoms with Crippen LogP contribution in [0.25, 0.3) is 38.4 Å². The van der Waals surface area contributed by atoms with E-state index in [1.165, 1.54) is 0 Å². The number of benzene rings is 2. The highest BCUT2D eigenvalue weighted by atomic mass is 16.5. The van der Waals surface area contributed by atoms with Gasteiger partial charge in [0.1, 0.15) is 11.4 Å². The molecule has 0 fully saturated rings. The molecule has 112 valence electrons. The first-order chi connectivity index (χ1) is 11.3. The number of aromatic nitrogens is 4. The van der Waals surface area contributed by atoms with Crippen molar-refractivity contribution in [3.05, 3.63) is 52.9 Å². The summed E-state index contributed by atoms with van der Waals surface area (Å²) in [6.45, 7) is 0. The normalized spacial score (nSPS) is 11.9. The fourth-order valence-corrected chi connectivity index (χ4v) is 3.31. The summed E-state index contributed by atoms with van der Waals surface area (Å²) in [5.41, 5.74) is 2.05. The maximum atomic E-state index is 12.2. The second kappa shape index (κ2) is 4.13. The van der Waals surface area contributed by atoms with Crippen LogP contribution in [0.1, 0.15) is 0 Å². The number of fused-ring (bicyclic) bond motifs is 8. The van der Waals surface area contributed by atoms with E-state index in [2.05, 4.69) is 15.2 Å². The zero-order valence-electron chi connectivity index (χ0n) is 12.3. The first-order valence-electron chi connectivity index (χ1n) is 7.25. The third kappa shape index (κ3) is 1.47. The Morgan fingerprint density at radius 3 is 2.74 bits per heavy atom. The van der Waals surface area contributed by atoms with Crippen molar-refractivity contribution < 1.29 is 4.74 Å². The van der Waals surface area contributed by atoms with Gasteiger partial charge in [-0.25, -0.2) is 14.3 Å². The Morgan fingerprint density at radius 2 is 1.91 bits per heavy atom. The number of pyridine rings is 1. The summed E-state index contributed by atoms with van der Waals surface area (Å²) in [6, 6.07) is 13.8. The van der Waals surface area contributed by atoms with Crippen LogP contribution >= 0.6 is 0 Å². The van der Waals surface area contributed by atoms with E-state index in [1.54, 1.807) is 11.5 Å². The van der Waals surface area contributed by atoms with E-state index < -0.39 is 0 Å². The third-order valence-electron chi connectivity index (χ3n) is 4.32. The predicted octanol–water partition coefficient (Wildman–Crippen LogP) is 2.82. The fourth-order valence-electron chi connectivity index (χ4n) is 3.31. The molecule has 0 saturated heterocycles. The van der Waals surface area contributed by atoms with Gasteiger partial charge in [0.25, 0.3) is 0 Å². The van der Waals surface area contributed by atoms with Crippen LogP contribution < -0.4 is 10.4 Å². The zero-order valence-corrected chi connectivity index (χ0v) is 12.3. The molecule has 0 amide bonds. The fraction of sp³-hybridized carbons (Fsp3) is 0.0588. The van der Waals surface area contributed by atoms with Gasteiger partial charge < -0.3 is 9.72 Å². The van der Waals surface area contributed by atoms with Crippen molar-refractivity contribution >= 4 is 38.4 Å². The van der Waals surface area contributed by atoms with Gasteiger partial charge in [-0.05, 0) is 23.6 Å². The largest absolute Gasteiger partial charge is 0.497 e. The molecular formula is C17H12N4O2. The second-order valence-corrected chi connectivity index (χ2v) is 5.49. The van der Waals surface area contributed by atoms with E-state index in [-0.39, 0.29) is 5.69 Å². The molecule has 6 nitrogen and oxygen atoms in total. The molecule has 2 N–H and O–H groups in total. The van der Waals surface area contributed by atoms with E-state index >= 15 is 0 Å². The molecule has 3 aromatic heterocycles. The summed E-state index contributed by atoms with van der Waals surface area (Å²) in [4.78, 5) is 15.6. The molecular weight excluding hydrogens is 292 g/mol. The Morgan fingerprint density at radius 1 is 1.09 bits per heavy atom. The average molecular weight is 304 g/mol. The minimum Gasteiger partial charge on any atom is -0.497 e. The van der Waals surface area contributed by atoms with Gasteiger partial charge in [-0.3, -0.25) is 0 Å². The summed E-state index contributed by atoms with van der Waals surface area (Å²) in [5.74, 6) is 0.780. The van der Waals surface area contributed by atoms with Crippen molar-refractivity contribution in [3.63, 3.8) is 0 Å². The summed E-state index contributed by atoms with van der Waals surface area (Å²) in [6.07, 6.45) is 0. The van der Waals surface area contributed by atoms with Crippen LogP contribution in [-0.2, 0) is 0 Å². The highest BCUT2D eigenvalue weighted by Crippen LogP contribution is 2.34. The first-order valence-corrected chi connectivity index (χ1v) is 7.25. The van der Waals surface area contributed by atoms with Crippen LogP contribution in [-0.4, -0.2) is 26.7 Å². The molecule has 0 saturated carbocycles. The summed E-state index contributed by atoms with van der Waals surface area (Å²) in [5, 5.41) is 10.7. The lowest BCUT2D eigenvalue weighted by molar-refractivity contribution is 0.415. The first kappa shape index (κ1) is 12.3. The number of methoxy groups -OCH3 is 1. The Labute approximate surface area is 129 Å². The lowest BCUT2D eigenvalue weighted by atomic mass is 10.1. The SMILES string of the molecule is COc1ccc2[nH]c3c(c2c1)c1ccccc1c1n[nH]c(=O)n13. The molecule has 5 aromatic rings. The molecule has 0 bridgehead atoms. The number of hydrogen-bond acceptors (Lipinski definition) is 3. The van der Waals surface area contributed by atoms with Gasteiger partial charge in [0.15, 0.2) is 5.65 Å². The van der Waals surface area contributed by atoms with Crippen molar-refractivity contribution in [1.82, 2.24) is 19.6 Å². The highest BCUT2D eigenvalue weighted by molar-refractivity contribution is 6.21. The Kier molecular flexibility index (Phi) is 2.21. The maximum Gasteiger partial charge on any atom is 0.349 e. The molecule has 0 spiro atoms. The lowest BCUT2D eigenvalue weighted by Gasteiger charge is -2.03. The van der Waals surface area contributed by atoms with Crippen LogP contribution in [0.4, 0.5) is 0 Å². The molecule has 0 aliphatic heterocycles. The van der Waals surface area contributed by atoms with Gasteiger partial charge in [0.2, 0.25) is 0 Å². The van der Waals surface area contributed by atoms with Crippen LogP contribution in [0.15, 0.2) is 47.3 Å². The molecule has 2 aromatic carbocycles. The van der Waals surface area contributed by atoms with Gasteiger partial charge >= 0.3 is 5.69 Å². The van der Waals surface area contributed by atoms with E-state index in [4.69, 9.17) is 4.74 Å². The summed E-state index contributed by atoms with van der Waals surface area (Å²) in [7, 11) is 1.65. The van der Waals surface area contributed by atoms with Crippen LogP contribution in [0, 0.1) is 0 Å². The minimum absolute atomic E-state index is 0.255. The number of nitrogens with zero attached hydrogens (tertiary/aromatic N) is 2. The van der Waals surface area contributed by atoms with Crippen molar-refractivity contribution in [2.75, 3.05) is 7.11 Å². The van der Waals surface area contributed by atoms with Gasteiger partial charge in [0, 0.05) is 21.7 Å². The molecule has 0 aliphatic rings. The molecule has 23 heavy (non-hydrogen) atoms. The number of ether oxygens (including phenoxy) is 1. The molecule has 0 radical (unpaired) electrons. The van der Waals surface area contributed by atoms with Gasteiger partial charge in [-0.1, -0.05) is 24.3 Å². The molecule has 0 atom stereocenters. The van der Waals surface area contributed by atoms with Crippen LogP contribution in [0.3, 0.4) is 0 Å². The highest BCUT2D eigenvalue weighted by Gasteiger charge is 2.16. The standard InChI is InChI=1S/C17H12N4O2/c1-23-9-6-7-13-12(8-9)14-10-4-2-3-5-11(10)15-19-20-17(22)21(15)16(14)18-13/h2-8,18H,1H3,(H,20,22). The van der Waals surface area contributed by atoms with Crippen LogP contribution in [0.2, 0.25) is 0 Å². The van der Waals surface area contributed by atoms with Crippen molar-refractivity contribution in [2.45, 2.75) is 0 Å². The van der Waals surface area contributed by atoms with Gasteiger partial charge in [-0.15, -0.1) is 0 Å². The van der Waals surface area contributed by atoms with Gasteiger partial charge in [0.05, 0.1) is 7.11 Å². The lowest BCUT2D eigenvalue weighted by Crippen LogP contribution is -2.10. The molecule has 6 heteroatoms. The average Bonchev–Trinajstić information content (AvgIpc) is 3.15. The maximum absolute atomic E-state index is 12.2. The van der Waals surface area contributed by atoms with Crippen molar-refractivity contribution in [2.24, 2.45) is 0 Å². The van der Waals surface area contributed by atoms with Crippen LogP contribution in [0.5, 0.6) is 5.75 Å².